The van der Waals surface area contributed by atoms with E-state index < -0.39 is 0 Å². The zero-order chi connectivity index (χ0) is 21.8. The van der Waals surface area contributed by atoms with Gasteiger partial charge in [0.05, 0.1) is 6.54 Å². The molecule has 8 heteroatoms. The van der Waals surface area contributed by atoms with E-state index in [0.717, 1.165) is 32.1 Å². The van der Waals surface area contributed by atoms with Crippen molar-refractivity contribution in [1.82, 2.24) is 15.2 Å². The van der Waals surface area contributed by atoms with Crippen molar-refractivity contribution in [3.63, 3.8) is 0 Å². The average Bonchev–Trinajstić information content (AvgIpc) is 2.69. The Kier molecular flexibility index (Phi) is 11.1. The molecule has 164 valence electrons. The first-order valence-electron chi connectivity index (χ1n) is 10.4. The number of hydrazine groups is 1. The van der Waals surface area contributed by atoms with Gasteiger partial charge in [-0.3, -0.25) is 19.3 Å². The molecule has 0 aromatic rings. The monoisotopic (exact) mass is 407 g/mol. The normalized spacial score (nSPS) is 20.0. The van der Waals surface area contributed by atoms with Crippen LogP contribution in [0.2, 0.25) is 0 Å². The van der Waals surface area contributed by atoms with Gasteiger partial charge in [0.1, 0.15) is 0 Å². The number of amides is 3. The minimum absolute atomic E-state index is 0.0113. The van der Waals surface area contributed by atoms with Crippen LogP contribution in [-0.4, -0.2) is 47.8 Å². The van der Waals surface area contributed by atoms with E-state index in [1.807, 2.05) is 0 Å². The summed E-state index contributed by atoms with van der Waals surface area (Å²) in [6.45, 7) is 7.39. The highest BCUT2D eigenvalue weighted by atomic mass is 16.2. The van der Waals surface area contributed by atoms with Crippen molar-refractivity contribution in [3.05, 3.63) is 24.0 Å². The number of nitrogens with zero attached hydrogens (tertiary/aromatic N) is 2. The van der Waals surface area contributed by atoms with Crippen molar-refractivity contribution in [2.75, 3.05) is 19.6 Å². The first kappa shape index (κ1) is 24.7. The summed E-state index contributed by atoms with van der Waals surface area (Å²) >= 11 is 0. The number of carbonyl (C=O) groups excluding carboxylic acids is 3. The van der Waals surface area contributed by atoms with Crippen molar-refractivity contribution in [2.45, 2.75) is 52.9 Å². The van der Waals surface area contributed by atoms with Crippen LogP contribution in [0.3, 0.4) is 0 Å². The molecule has 29 heavy (non-hydrogen) atoms. The summed E-state index contributed by atoms with van der Waals surface area (Å²) in [5.74, 6) is 6.30. The highest BCUT2D eigenvalue weighted by Gasteiger charge is 2.28. The Morgan fingerprint density at radius 3 is 2.41 bits per heavy atom. The number of hydrogen-bond acceptors (Lipinski definition) is 6. The van der Waals surface area contributed by atoms with E-state index >= 15 is 0 Å². The third-order valence-electron chi connectivity index (χ3n) is 5.16. The molecular formula is C21H37N5O3. The fourth-order valence-corrected chi connectivity index (χ4v) is 3.37. The van der Waals surface area contributed by atoms with Gasteiger partial charge in [-0.1, -0.05) is 19.9 Å². The molecule has 1 rings (SSSR count). The molecule has 5 N–H and O–H groups in total. The quantitative estimate of drug-likeness (QED) is 0.206. The number of carbonyl (C=O) groups is 3. The zero-order valence-corrected chi connectivity index (χ0v) is 18.0. The van der Waals surface area contributed by atoms with Gasteiger partial charge in [0, 0.05) is 30.9 Å². The number of allylic oxidation sites excluding steroid dienone is 1. The maximum absolute atomic E-state index is 12.4. The molecule has 8 nitrogen and oxygen atoms in total. The lowest BCUT2D eigenvalue weighted by Gasteiger charge is -2.29. The molecule has 0 bridgehead atoms. The predicted octanol–water partition coefficient (Wildman–Crippen LogP) is 1.49. The van der Waals surface area contributed by atoms with E-state index in [-0.39, 0.29) is 30.2 Å². The number of rotatable bonds is 11. The number of nitrogens with one attached hydrogen (secondary N) is 1. The van der Waals surface area contributed by atoms with E-state index in [0.29, 0.717) is 31.1 Å². The highest BCUT2D eigenvalue weighted by molar-refractivity contribution is 5.94. The van der Waals surface area contributed by atoms with Gasteiger partial charge in [-0.05, 0) is 56.9 Å². The second-order valence-corrected chi connectivity index (χ2v) is 8.16. The molecule has 0 aliphatic heterocycles. The molecule has 1 aliphatic rings. The number of hydrogen-bond donors (Lipinski definition) is 3. The minimum Gasteiger partial charge on any atom is -0.399 e. The smallest absolute Gasteiger partial charge is 0.252 e. The van der Waals surface area contributed by atoms with Gasteiger partial charge in [0.2, 0.25) is 12.3 Å². The molecule has 0 saturated heterocycles. The minimum atomic E-state index is -0.299. The summed E-state index contributed by atoms with van der Waals surface area (Å²) in [6.07, 6.45) is 9.31. The van der Waals surface area contributed by atoms with Gasteiger partial charge in [0.15, 0.2) is 0 Å². The fourth-order valence-electron chi connectivity index (χ4n) is 3.37. The number of imide groups is 1. The first-order chi connectivity index (χ1) is 13.8. The molecule has 3 amide bonds. The highest BCUT2D eigenvalue weighted by Crippen LogP contribution is 2.29. The maximum Gasteiger partial charge on any atom is 0.252 e. The lowest BCUT2D eigenvalue weighted by atomic mass is 9.81. The molecule has 0 unspecified atom stereocenters. The molecule has 1 aliphatic carbocycles. The van der Waals surface area contributed by atoms with Crippen molar-refractivity contribution < 1.29 is 14.4 Å². The largest absolute Gasteiger partial charge is 0.399 e. The Balaban J connectivity index is 2.38. The summed E-state index contributed by atoms with van der Waals surface area (Å²) in [4.78, 5) is 36.6. The van der Waals surface area contributed by atoms with E-state index in [1.165, 1.54) is 11.0 Å². The second-order valence-electron chi connectivity index (χ2n) is 8.16. The molecular weight excluding hydrogens is 370 g/mol. The van der Waals surface area contributed by atoms with Crippen LogP contribution in [0.4, 0.5) is 0 Å². The van der Waals surface area contributed by atoms with Gasteiger partial charge in [-0.2, -0.15) is 0 Å². The van der Waals surface area contributed by atoms with Crippen LogP contribution in [0.25, 0.3) is 0 Å². The fraction of sp³-hybridized carbons (Fsp3) is 0.667. The van der Waals surface area contributed by atoms with Gasteiger partial charge < -0.3 is 16.1 Å². The first-order valence-corrected chi connectivity index (χ1v) is 10.4. The van der Waals surface area contributed by atoms with Crippen LogP contribution in [0.15, 0.2) is 24.0 Å². The van der Waals surface area contributed by atoms with Gasteiger partial charge >= 0.3 is 0 Å². The molecule has 0 aromatic carbocycles. The van der Waals surface area contributed by atoms with Crippen LogP contribution < -0.4 is 16.9 Å². The van der Waals surface area contributed by atoms with Crippen molar-refractivity contribution in [2.24, 2.45) is 29.3 Å². The zero-order valence-electron chi connectivity index (χ0n) is 18.0. The SMILES string of the molecule is C/C=C\C(=O)N(C=O)CC1CCC(C(=O)NC/C(N)=C/N(N)CCC(C)C)CC1. The molecule has 0 radical (unpaired) electrons. The van der Waals surface area contributed by atoms with Gasteiger partial charge in [-0.15, -0.1) is 0 Å². The predicted molar refractivity (Wildman–Crippen MR) is 114 cm³/mol. The van der Waals surface area contributed by atoms with Crippen LogP contribution in [-0.2, 0) is 14.4 Å². The van der Waals surface area contributed by atoms with Gasteiger partial charge in [0.25, 0.3) is 5.91 Å². The summed E-state index contributed by atoms with van der Waals surface area (Å²) < 4.78 is 0. The molecule has 0 heterocycles. The Morgan fingerprint density at radius 2 is 1.86 bits per heavy atom. The van der Waals surface area contributed by atoms with Crippen LogP contribution in [0.1, 0.15) is 52.9 Å². The van der Waals surface area contributed by atoms with Crippen molar-refractivity contribution in [1.29, 1.82) is 0 Å². The van der Waals surface area contributed by atoms with E-state index in [2.05, 4.69) is 19.2 Å². The van der Waals surface area contributed by atoms with Gasteiger partial charge in [-0.25, -0.2) is 5.84 Å². The Bertz CT molecular complexity index is 595. The third kappa shape index (κ3) is 9.60. The summed E-state index contributed by atoms with van der Waals surface area (Å²) in [6, 6.07) is 0. The summed E-state index contributed by atoms with van der Waals surface area (Å²) in [5.41, 5.74) is 6.47. The van der Waals surface area contributed by atoms with E-state index in [9.17, 15) is 14.4 Å². The molecule has 1 fully saturated rings. The van der Waals surface area contributed by atoms with Crippen LogP contribution in [0, 0.1) is 17.8 Å². The van der Waals surface area contributed by atoms with Crippen LogP contribution in [0.5, 0.6) is 0 Å². The third-order valence-corrected chi connectivity index (χ3v) is 5.16. The maximum atomic E-state index is 12.4. The van der Waals surface area contributed by atoms with E-state index in [1.54, 1.807) is 24.2 Å². The van der Waals surface area contributed by atoms with Crippen molar-refractivity contribution >= 4 is 18.2 Å². The Morgan fingerprint density at radius 1 is 1.21 bits per heavy atom. The molecule has 0 aromatic heterocycles. The Hall–Kier alpha value is -2.35. The van der Waals surface area contributed by atoms with Crippen LogP contribution >= 0.6 is 0 Å². The standard InChI is InChI=1S/C21H37N5O3/c1-4-5-20(28)25(15-27)13-17-6-8-18(9-7-17)21(29)24-12-19(22)14-26(23)11-10-16(2)3/h4-5,14-18H,6-13,22-23H2,1-3H3,(H,24,29)/b5-4-,19-14-. The summed E-state index contributed by atoms with van der Waals surface area (Å²) in [7, 11) is 0. The number of nitrogens with two attached hydrogens (primary N) is 2. The molecule has 0 atom stereocenters. The lowest BCUT2D eigenvalue weighted by molar-refractivity contribution is -0.136. The Labute approximate surface area is 174 Å². The molecule has 0 spiro atoms. The topological polar surface area (TPSA) is 122 Å². The van der Waals surface area contributed by atoms with E-state index in [4.69, 9.17) is 11.6 Å². The lowest BCUT2D eigenvalue weighted by Crippen LogP contribution is -2.38. The summed E-state index contributed by atoms with van der Waals surface area (Å²) in [5, 5.41) is 4.44. The second kappa shape index (κ2) is 13.0. The van der Waals surface area contributed by atoms with Crippen molar-refractivity contribution in [3.8, 4) is 0 Å². The average molecular weight is 408 g/mol. The molecule has 1 saturated carbocycles.